The highest BCUT2D eigenvalue weighted by atomic mass is 16.5. The van der Waals surface area contributed by atoms with Gasteiger partial charge < -0.3 is 14.9 Å². The first-order chi connectivity index (χ1) is 6.54. The Labute approximate surface area is 84.0 Å². The van der Waals surface area contributed by atoms with Gasteiger partial charge in [0.15, 0.2) is 0 Å². The molecule has 0 heterocycles. The summed E-state index contributed by atoms with van der Waals surface area (Å²) in [6.45, 7) is 3.55. The molecule has 0 saturated carbocycles. The summed E-state index contributed by atoms with van der Waals surface area (Å²) in [6.07, 6.45) is -0.0315. The predicted molar refractivity (Wildman–Crippen MR) is 54.8 cm³/mol. The average Bonchev–Trinajstić information content (AvgIpc) is 2.09. The van der Waals surface area contributed by atoms with Crippen molar-refractivity contribution in [2.75, 3.05) is 7.11 Å². The quantitative estimate of drug-likeness (QED) is 0.772. The van der Waals surface area contributed by atoms with Gasteiger partial charge in [0.25, 0.3) is 0 Å². The largest absolute Gasteiger partial charge is 0.508 e. The topological polar surface area (TPSA) is 49.7 Å². The molecule has 0 aliphatic heterocycles. The van der Waals surface area contributed by atoms with Crippen LogP contribution in [0.15, 0.2) is 12.1 Å². The number of phenolic OH excluding ortho intramolecular Hbond substituents is 1. The molecule has 1 atom stereocenters. The van der Waals surface area contributed by atoms with E-state index in [2.05, 4.69) is 0 Å². The SMILES string of the molecule is COc1cc(C[C@@H](C)O)c(O)cc1C. The number of aliphatic hydroxyl groups excluding tert-OH is 1. The van der Waals surface area contributed by atoms with Crippen molar-refractivity contribution < 1.29 is 14.9 Å². The fraction of sp³-hybridized carbons (Fsp3) is 0.455. The van der Waals surface area contributed by atoms with E-state index in [1.165, 1.54) is 0 Å². The van der Waals surface area contributed by atoms with E-state index < -0.39 is 6.10 Å². The van der Waals surface area contributed by atoms with E-state index >= 15 is 0 Å². The van der Waals surface area contributed by atoms with Gasteiger partial charge in [0.1, 0.15) is 11.5 Å². The van der Waals surface area contributed by atoms with Crippen molar-refractivity contribution in [3.05, 3.63) is 23.3 Å². The molecular formula is C11H16O3. The van der Waals surface area contributed by atoms with Crippen LogP contribution in [0.3, 0.4) is 0 Å². The zero-order valence-electron chi connectivity index (χ0n) is 8.74. The third-order valence-corrected chi connectivity index (χ3v) is 2.11. The van der Waals surface area contributed by atoms with E-state index in [0.29, 0.717) is 12.0 Å². The van der Waals surface area contributed by atoms with Crippen LogP contribution in [0.5, 0.6) is 11.5 Å². The molecule has 1 aromatic rings. The van der Waals surface area contributed by atoms with Gasteiger partial charge in [-0.25, -0.2) is 0 Å². The molecule has 0 aliphatic rings. The Kier molecular flexibility index (Phi) is 3.36. The lowest BCUT2D eigenvalue weighted by molar-refractivity contribution is 0.194. The maximum Gasteiger partial charge on any atom is 0.122 e. The van der Waals surface area contributed by atoms with Gasteiger partial charge in [-0.3, -0.25) is 0 Å². The highest BCUT2D eigenvalue weighted by molar-refractivity contribution is 5.45. The van der Waals surface area contributed by atoms with Gasteiger partial charge in [0.2, 0.25) is 0 Å². The van der Waals surface area contributed by atoms with Crippen molar-refractivity contribution in [3.63, 3.8) is 0 Å². The van der Waals surface area contributed by atoms with Gasteiger partial charge >= 0.3 is 0 Å². The minimum atomic E-state index is -0.465. The number of methoxy groups -OCH3 is 1. The van der Waals surface area contributed by atoms with Crippen LogP contribution in [0.4, 0.5) is 0 Å². The molecule has 3 heteroatoms. The van der Waals surface area contributed by atoms with E-state index in [1.807, 2.05) is 6.92 Å². The number of hydrogen-bond donors (Lipinski definition) is 2. The maximum absolute atomic E-state index is 9.59. The first-order valence-corrected chi connectivity index (χ1v) is 4.59. The first-order valence-electron chi connectivity index (χ1n) is 4.59. The van der Waals surface area contributed by atoms with Crippen molar-refractivity contribution in [2.45, 2.75) is 26.4 Å². The van der Waals surface area contributed by atoms with Crippen LogP contribution in [0, 0.1) is 6.92 Å². The third kappa shape index (κ3) is 2.39. The van der Waals surface area contributed by atoms with Gasteiger partial charge in [-0.2, -0.15) is 0 Å². The number of aromatic hydroxyl groups is 1. The smallest absolute Gasteiger partial charge is 0.122 e. The summed E-state index contributed by atoms with van der Waals surface area (Å²) in [6, 6.07) is 3.41. The van der Waals surface area contributed by atoms with E-state index in [0.717, 1.165) is 11.3 Å². The summed E-state index contributed by atoms with van der Waals surface area (Å²) in [4.78, 5) is 0. The number of hydrogen-bond acceptors (Lipinski definition) is 3. The highest BCUT2D eigenvalue weighted by Gasteiger charge is 2.08. The Morgan fingerprint density at radius 3 is 2.57 bits per heavy atom. The molecule has 1 aromatic carbocycles. The van der Waals surface area contributed by atoms with Crippen LogP contribution in [0.2, 0.25) is 0 Å². The zero-order valence-corrected chi connectivity index (χ0v) is 8.74. The van der Waals surface area contributed by atoms with Gasteiger partial charge in [-0.1, -0.05) is 0 Å². The Bertz CT molecular complexity index is 319. The standard InChI is InChI=1S/C11H16O3/c1-7-4-10(13)9(5-8(2)12)6-11(7)14-3/h4,6,8,12-13H,5H2,1-3H3/t8-/m1/s1. The molecule has 0 saturated heterocycles. The molecule has 0 bridgehead atoms. The number of rotatable bonds is 3. The molecule has 0 aliphatic carbocycles. The van der Waals surface area contributed by atoms with Crippen molar-refractivity contribution in [2.24, 2.45) is 0 Å². The molecule has 1 rings (SSSR count). The van der Waals surface area contributed by atoms with Crippen LogP contribution in [-0.4, -0.2) is 23.4 Å². The summed E-state index contributed by atoms with van der Waals surface area (Å²) in [7, 11) is 1.59. The molecule has 2 N–H and O–H groups in total. The van der Waals surface area contributed by atoms with E-state index in [1.54, 1.807) is 26.2 Å². The summed E-state index contributed by atoms with van der Waals surface area (Å²) >= 11 is 0. The van der Waals surface area contributed by atoms with Gasteiger partial charge in [0.05, 0.1) is 13.2 Å². The van der Waals surface area contributed by atoms with Crippen molar-refractivity contribution in [1.29, 1.82) is 0 Å². The third-order valence-electron chi connectivity index (χ3n) is 2.11. The lowest BCUT2D eigenvalue weighted by Gasteiger charge is -2.11. The van der Waals surface area contributed by atoms with Crippen molar-refractivity contribution in [1.82, 2.24) is 0 Å². The van der Waals surface area contributed by atoms with E-state index in [9.17, 15) is 10.2 Å². The second-order valence-corrected chi connectivity index (χ2v) is 3.50. The Morgan fingerprint density at radius 1 is 1.43 bits per heavy atom. The van der Waals surface area contributed by atoms with Crippen molar-refractivity contribution in [3.8, 4) is 11.5 Å². The summed E-state index contributed by atoms with van der Waals surface area (Å²) in [5.74, 6) is 0.947. The molecule has 0 radical (unpaired) electrons. The fourth-order valence-corrected chi connectivity index (χ4v) is 1.42. The van der Waals surface area contributed by atoms with E-state index in [4.69, 9.17) is 4.74 Å². The number of aryl methyl sites for hydroxylation is 1. The second-order valence-electron chi connectivity index (χ2n) is 3.50. The molecular weight excluding hydrogens is 180 g/mol. The van der Waals surface area contributed by atoms with Crippen LogP contribution >= 0.6 is 0 Å². The number of ether oxygens (including phenoxy) is 1. The lowest BCUT2D eigenvalue weighted by Crippen LogP contribution is -2.04. The van der Waals surface area contributed by atoms with Gasteiger partial charge in [-0.05, 0) is 31.5 Å². The number of aliphatic hydroxyl groups is 1. The van der Waals surface area contributed by atoms with Crippen molar-refractivity contribution >= 4 is 0 Å². The number of phenols is 1. The van der Waals surface area contributed by atoms with Crippen LogP contribution < -0.4 is 4.74 Å². The van der Waals surface area contributed by atoms with E-state index in [-0.39, 0.29) is 5.75 Å². The monoisotopic (exact) mass is 196 g/mol. The Hall–Kier alpha value is -1.22. The van der Waals surface area contributed by atoms with Gasteiger partial charge in [-0.15, -0.1) is 0 Å². The van der Waals surface area contributed by atoms with Crippen LogP contribution in [0.1, 0.15) is 18.1 Å². The summed E-state index contributed by atoms with van der Waals surface area (Å²) in [5, 5.41) is 18.8. The first kappa shape index (κ1) is 10.9. The Balaban J connectivity index is 3.04. The number of benzene rings is 1. The maximum atomic E-state index is 9.59. The Morgan fingerprint density at radius 2 is 2.07 bits per heavy atom. The molecule has 0 amide bonds. The van der Waals surface area contributed by atoms with Crippen LogP contribution in [0.25, 0.3) is 0 Å². The minimum Gasteiger partial charge on any atom is -0.508 e. The zero-order chi connectivity index (χ0) is 10.7. The minimum absolute atomic E-state index is 0.212. The molecule has 0 spiro atoms. The molecule has 0 fully saturated rings. The molecule has 3 nitrogen and oxygen atoms in total. The molecule has 14 heavy (non-hydrogen) atoms. The van der Waals surface area contributed by atoms with Crippen LogP contribution in [-0.2, 0) is 6.42 Å². The van der Waals surface area contributed by atoms with Gasteiger partial charge in [0, 0.05) is 12.0 Å². The summed E-state index contributed by atoms with van der Waals surface area (Å²) in [5.41, 5.74) is 1.60. The second kappa shape index (κ2) is 4.33. The fourth-order valence-electron chi connectivity index (χ4n) is 1.42. The molecule has 78 valence electrons. The lowest BCUT2D eigenvalue weighted by atomic mass is 10.0. The predicted octanol–water partition coefficient (Wildman–Crippen LogP) is 1.63. The molecule has 0 aromatic heterocycles. The molecule has 0 unspecified atom stereocenters. The normalized spacial score (nSPS) is 12.6. The highest BCUT2D eigenvalue weighted by Crippen LogP contribution is 2.28. The average molecular weight is 196 g/mol. The summed E-state index contributed by atoms with van der Waals surface area (Å²) < 4.78 is 5.13.